The highest BCUT2D eigenvalue weighted by molar-refractivity contribution is 5.61. The Kier molecular flexibility index (Phi) is 4.77. The Balaban J connectivity index is 1.70. The molecule has 1 fully saturated rings. The molecule has 1 aromatic heterocycles. The lowest BCUT2D eigenvalue weighted by atomic mass is 9.58. The Bertz CT molecular complexity index is 880. The van der Waals surface area contributed by atoms with Crippen LogP contribution in [0.25, 0.3) is 11.8 Å². The molecule has 0 unspecified atom stereocenters. The summed E-state index contributed by atoms with van der Waals surface area (Å²) in [5, 5.41) is 15.4. The highest BCUT2D eigenvalue weighted by atomic mass is 19.1. The predicted octanol–water partition coefficient (Wildman–Crippen LogP) is 5.08. The Morgan fingerprint density at radius 2 is 2.15 bits per heavy atom. The van der Waals surface area contributed by atoms with Crippen molar-refractivity contribution >= 4 is 6.08 Å². The van der Waals surface area contributed by atoms with Gasteiger partial charge >= 0.3 is 0 Å². The summed E-state index contributed by atoms with van der Waals surface area (Å²) in [5.41, 5.74) is 4.56. The lowest BCUT2D eigenvalue weighted by molar-refractivity contribution is 0.0250. The number of aliphatic hydroxyl groups is 1. The van der Waals surface area contributed by atoms with Crippen LogP contribution in [-0.2, 0) is 6.42 Å². The van der Waals surface area contributed by atoms with Crippen LogP contribution in [0.3, 0.4) is 0 Å². The van der Waals surface area contributed by atoms with Crippen molar-refractivity contribution in [3.63, 3.8) is 0 Å². The fraction of sp³-hybridized carbons (Fsp3) is 0.435. The molecular weight excluding hydrogens is 339 g/mol. The van der Waals surface area contributed by atoms with E-state index in [4.69, 9.17) is 0 Å². The number of hydrogen-bond donors (Lipinski definition) is 1. The number of benzene rings is 1. The molecule has 1 aromatic carbocycles. The van der Waals surface area contributed by atoms with Crippen LogP contribution in [0.2, 0.25) is 0 Å². The topological polar surface area (TPSA) is 38.1 Å². The minimum absolute atomic E-state index is 0.0249. The monoisotopic (exact) mass is 366 g/mol. The number of nitrogens with zero attached hydrogens (tertiary/aromatic N) is 2. The lowest BCUT2D eigenvalue weighted by Crippen LogP contribution is -2.43. The Hall–Kier alpha value is -2.20. The first-order valence-corrected chi connectivity index (χ1v) is 9.86. The van der Waals surface area contributed by atoms with E-state index >= 15 is 0 Å². The van der Waals surface area contributed by atoms with Gasteiger partial charge in [0.25, 0.3) is 0 Å². The zero-order valence-electron chi connectivity index (χ0n) is 16.0. The second-order valence-electron chi connectivity index (χ2n) is 8.08. The average molecular weight is 366 g/mol. The number of halogens is 1. The number of aromatic nitrogens is 2. The fourth-order valence-corrected chi connectivity index (χ4v) is 4.92. The molecule has 1 heterocycles. The maximum absolute atomic E-state index is 13.3. The first kappa shape index (κ1) is 18.2. The zero-order chi connectivity index (χ0) is 19.0. The second-order valence-corrected chi connectivity index (χ2v) is 8.08. The summed E-state index contributed by atoms with van der Waals surface area (Å²) in [6, 6.07) is 6.47. The van der Waals surface area contributed by atoms with Crippen molar-refractivity contribution in [3.8, 4) is 5.69 Å². The Morgan fingerprint density at radius 3 is 2.89 bits per heavy atom. The van der Waals surface area contributed by atoms with Crippen molar-refractivity contribution in [2.24, 2.45) is 11.3 Å². The third-order valence-electron chi connectivity index (χ3n) is 6.42. The molecule has 2 aliphatic rings. The van der Waals surface area contributed by atoms with Gasteiger partial charge < -0.3 is 5.11 Å². The molecule has 0 saturated heterocycles. The minimum Gasteiger partial charge on any atom is -0.392 e. The van der Waals surface area contributed by atoms with Crippen LogP contribution in [0.5, 0.6) is 0 Å². The largest absolute Gasteiger partial charge is 0.392 e. The van der Waals surface area contributed by atoms with Crippen LogP contribution >= 0.6 is 0 Å². The van der Waals surface area contributed by atoms with E-state index in [0.29, 0.717) is 6.42 Å². The molecule has 3 nitrogen and oxygen atoms in total. The van der Waals surface area contributed by atoms with Gasteiger partial charge in [0.05, 0.1) is 23.7 Å². The summed E-state index contributed by atoms with van der Waals surface area (Å²) >= 11 is 0. The number of allylic oxidation sites excluding steroid dienone is 2. The minimum atomic E-state index is -0.316. The molecular formula is C23H27FN2O. The summed E-state index contributed by atoms with van der Waals surface area (Å²) < 4.78 is 15.2. The van der Waals surface area contributed by atoms with Gasteiger partial charge in [-0.1, -0.05) is 24.6 Å². The van der Waals surface area contributed by atoms with E-state index in [9.17, 15) is 9.50 Å². The van der Waals surface area contributed by atoms with Gasteiger partial charge in [-0.05, 0) is 86.3 Å². The van der Waals surface area contributed by atoms with Crippen molar-refractivity contribution in [1.29, 1.82) is 0 Å². The van der Waals surface area contributed by atoms with E-state index in [2.05, 4.69) is 24.2 Å². The van der Waals surface area contributed by atoms with Crippen LogP contribution in [-0.4, -0.2) is 21.0 Å². The van der Waals surface area contributed by atoms with Crippen molar-refractivity contribution in [2.45, 2.75) is 52.1 Å². The molecule has 0 amide bonds. The van der Waals surface area contributed by atoms with Crippen LogP contribution < -0.4 is 0 Å². The summed E-state index contributed by atoms with van der Waals surface area (Å²) in [6.45, 7) is 4.30. The van der Waals surface area contributed by atoms with Crippen LogP contribution in [0.4, 0.5) is 4.39 Å². The SMILES string of the molecule is C/C=C/C[C@H](O)[C@H]1CCCC2=Cc3c(cnn3-c3ccc(F)cc3)C[C@@]21C. The normalized spacial score (nSPS) is 25.8. The molecule has 4 rings (SSSR count). The van der Waals surface area contributed by atoms with Gasteiger partial charge in [-0.2, -0.15) is 5.10 Å². The summed E-state index contributed by atoms with van der Waals surface area (Å²) in [5.74, 6) is 0.0203. The molecule has 2 aromatic rings. The van der Waals surface area contributed by atoms with E-state index in [-0.39, 0.29) is 23.3 Å². The standard InChI is InChI=1S/C23H27FN2O/c1-3-4-8-22(27)20-7-5-6-17-13-21-16(14-23(17,20)2)15-25-26(21)19-11-9-18(24)10-12-19/h3-4,9-13,15,20,22,27H,5-8,14H2,1-2H3/b4-3+/t20-,22+,23+/m1/s1. The van der Waals surface area contributed by atoms with E-state index in [1.54, 1.807) is 12.1 Å². The molecule has 0 aliphatic heterocycles. The maximum atomic E-state index is 13.3. The van der Waals surface area contributed by atoms with Crippen molar-refractivity contribution in [3.05, 3.63) is 65.3 Å². The Labute approximate surface area is 160 Å². The van der Waals surface area contributed by atoms with E-state index in [1.165, 1.54) is 23.3 Å². The molecule has 0 radical (unpaired) electrons. The molecule has 1 N–H and O–H groups in total. The zero-order valence-corrected chi connectivity index (χ0v) is 16.0. The van der Waals surface area contributed by atoms with Crippen molar-refractivity contribution < 1.29 is 9.50 Å². The first-order valence-electron chi connectivity index (χ1n) is 9.86. The van der Waals surface area contributed by atoms with Gasteiger partial charge in [0, 0.05) is 0 Å². The predicted molar refractivity (Wildman–Crippen MR) is 106 cm³/mol. The average Bonchev–Trinajstić information content (AvgIpc) is 3.06. The maximum Gasteiger partial charge on any atom is 0.123 e. The summed E-state index contributed by atoms with van der Waals surface area (Å²) in [4.78, 5) is 0. The molecule has 4 heteroatoms. The third-order valence-corrected chi connectivity index (χ3v) is 6.42. The molecule has 142 valence electrons. The highest BCUT2D eigenvalue weighted by Gasteiger charge is 2.45. The van der Waals surface area contributed by atoms with Gasteiger partial charge in [0.15, 0.2) is 0 Å². The first-order chi connectivity index (χ1) is 13.0. The lowest BCUT2D eigenvalue weighted by Gasteiger charge is -2.47. The van der Waals surface area contributed by atoms with Crippen molar-refractivity contribution in [2.75, 3.05) is 0 Å². The number of aliphatic hydroxyl groups excluding tert-OH is 1. The molecule has 0 spiro atoms. The fourth-order valence-electron chi connectivity index (χ4n) is 4.92. The smallest absolute Gasteiger partial charge is 0.123 e. The number of rotatable bonds is 4. The van der Waals surface area contributed by atoms with Crippen molar-refractivity contribution in [1.82, 2.24) is 9.78 Å². The summed E-state index contributed by atoms with van der Waals surface area (Å²) in [6.07, 6.45) is 12.8. The van der Waals surface area contributed by atoms with E-state index in [0.717, 1.165) is 37.1 Å². The van der Waals surface area contributed by atoms with E-state index < -0.39 is 0 Å². The number of fused-ring (bicyclic) bond motifs is 2. The quantitative estimate of drug-likeness (QED) is 0.766. The molecule has 1 saturated carbocycles. The van der Waals surface area contributed by atoms with Gasteiger partial charge in [-0.15, -0.1) is 0 Å². The van der Waals surface area contributed by atoms with Crippen LogP contribution in [0, 0.1) is 17.2 Å². The van der Waals surface area contributed by atoms with Gasteiger partial charge in [0.2, 0.25) is 0 Å². The van der Waals surface area contributed by atoms with E-state index in [1.807, 2.05) is 23.9 Å². The highest BCUT2D eigenvalue weighted by Crippen LogP contribution is 2.52. The van der Waals surface area contributed by atoms with Gasteiger partial charge in [-0.3, -0.25) is 0 Å². The second kappa shape index (κ2) is 7.08. The summed E-state index contributed by atoms with van der Waals surface area (Å²) in [7, 11) is 0. The van der Waals surface area contributed by atoms with Crippen LogP contribution in [0.1, 0.15) is 50.8 Å². The van der Waals surface area contributed by atoms with Gasteiger partial charge in [0.1, 0.15) is 5.82 Å². The Morgan fingerprint density at radius 1 is 1.37 bits per heavy atom. The number of hydrogen-bond acceptors (Lipinski definition) is 2. The van der Waals surface area contributed by atoms with Gasteiger partial charge in [-0.25, -0.2) is 9.07 Å². The molecule has 0 bridgehead atoms. The molecule has 27 heavy (non-hydrogen) atoms. The molecule has 2 aliphatic carbocycles. The molecule has 3 atom stereocenters. The third kappa shape index (κ3) is 3.16. The van der Waals surface area contributed by atoms with Crippen LogP contribution in [0.15, 0.2) is 48.2 Å².